The lowest BCUT2D eigenvalue weighted by atomic mass is 10.2. The summed E-state index contributed by atoms with van der Waals surface area (Å²) in [5.74, 6) is 1.55. The molecule has 0 aliphatic heterocycles. The molecule has 7 heteroatoms. The largest absolute Gasteiger partial charge is 0.494 e. The first-order valence-electron chi connectivity index (χ1n) is 10.9. The van der Waals surface area contributed by atoms with Crippen molar-refractivity contribution in [3.63, 3.8) is 0 Å². The Hall–Kier alpha value is -2.83. The summed E-state index contributed by atoms with van der Waals surface area (Å²) in [6.07, 6.45) is 1.83. The lowest BCUT2D eigenvalue weighted by molar-refractivity contribution is 0.0949. The Kier molecular flexibility index (Phi) is 7.68. The second-order valence-electron chi connectivity index (χ2n) is 7.83. The molecule has 0 saturated carbocycles. The van der Waals surface area contributed by atoms with E-state index in [1.54, 1.807) is 12.1 Å². The maximum absolute atomic E-state index is 12.6. The van der Waals surface area contributed by atoms with E-state index in [4.69, 9.17) is 21.3 Å². The van der Waals surface area contributed by atoms with Crippen molar-refractivity contribution in [2.45, 2.75) is 32.9 Å². The minimum absolute atomic E-state index is 0.124. The zero-order valence-electron chi connectivity index (χ0n) is 18.4. The second kappa shape index (κ2) is 10.9. The number of nitrogens with zero attached hydrogens (tertiary/aromatic N) is 2. The first-order valence-corrected chi connectivity index (χ1v) is 12.1. The van der Waals surface area contributed by atoms with Gasteiger partial charge in [-0.15, -0.1) is 0 Å². The molecule has 0 spiro atoms. The van der Waals surface area contributed by atoms with Gasteiger partial charge in [0.25, 0.3) is 5.91 Å². The summed E-state index contributed by atoms with van der Waals surface area (Å²) < 4.78 is 8.93. The highest BCUT2D eigenvalue weighted by Gasteiger charge is 2.12. The fourth-order valence-electron chi connectivity index (χ4n) is 3.67. The molecule has 1 aromatic heterocycles. The van der Waals surface area contributed by atoms with Crippen molar-refractivity contribution in [2.24, 2.45) is 0 Å². The quantitative estimate of drug-likeness (QED) is 0.252. The van der Waals surface area contributed by atoms with Crippen LogP contribution in [0.2, 0.25) is 5.02 Å². The van der Waals surface area contributed by atoms with Crippen LogP contribution in [0, 0.1) is 6.92 Å². The number of aryl methyl sites for hydroxylation is 2. The van der Waals surface area contributed by atoms with E-state index >= 15 is 0 Å². The van der Waals surface area contributed by atoms with Gasteiger partial charge in [-0.05, 0) is 73.9 Å². The van der Waals surface area contributed by atoms with Gasteiger partial charge in [-0.2, -0.15) is 0 Å². The number of amides is 1. The summed E-state index contributed by atoms with van der Waals surface area (Å²) in [7, 11) is 0. The topological polar surface area (TPSA) is 56.1 Å². The van der Waals surface area contributed by atoms with Crippen LogP contribution >= 0.6 is 27.5 Å². The predicted octanol–water partition coefficient (Wildman–Crippen LogP) is 6.55. The van der Waals surface area contributed by atoms with E-state index in [2.05, 4.69) is 31.9 Å². The summed E-state index contributed by atoms with van der Waals surface area (Å²) in [5.41, 5.74) is 3.62. The molecule has 0 atom stereocenters. The molecule has 4 rings (SSSR count). The molecule has 1 heterocycles. The number of carbonyl (C=O) groups is 1. The van der Waals surface area contributed by atoms with Crippen LogP contribution in [0.15, 0.2) is 71.2 Å². The molecule has 5 nitrogen and oxygen atoms in total. The number of ether oxygens (including phenoxy) is 1. The van der Waals surface area contributed by atoms with Gasteiger partial charge in [0.2, 0.25) is 0 Å². The number of benzene rings is 3. The maximum Gasteiger partial charge on any atom is 0.251 e. The smallest absolute Gasteiger partial charge is 0.251 e. The van der Waals surface area contributed by atoms with Crippen molar-refractivity contribution >= 4 is 44.5 Å². The van der Waals surface area contributed by atoms with Crippen molar-refractivity contribution in [3.05, 3.63) is 93.2 Å². The van der Waals surface area contributed by atoms with Crippen molar-refractivity contribution in [1.29, 1.82) is 0 Å². The first-order chi connectivity index (χ1) is 16.0. The number of para-hydroxylation sites is 2. The monoisotopic (exact) mass is 525 g/mol. The summed E-state index contributed by atoms with van der Waals surface area (Å²) in [6, 6.07) is 21.1. The molecule has 3 aromatic carbocycles. The van der Waals surface area contributed by atoms with Gasteiger partial charge in [0.15, 0.2) is 0 Å². The molecule has 0 aliphatic carbocycles. The summed E-state index contributed by atoms with van der Waals surface area (Å²) in [4.78, 5) is 17.3. The SMILES string of the molecule is Cc1cc(OCCCCn2c(CNC(=O)c3cccc(Br)c3)nc3ccccc32)ccc1Cl. The van der Waals surface area contributed by atoms with Gasteiger partial charge >= 0.3 is 0 Å². The van der Waals surface area contributed by atoms with Crippen LogP contribution in [0.4, 0.5) is 0 Å². The number of imidazole rings is 1. The van der Waals surface area contributed by atoms with Crippen molar-refractivity contribution in [2.75, 3.05) is 6.61 Å². The van der Waals surface area contributed by atoms with Gasteiger partial charge in [-0.1, -0.05) is 45.7 Å². The molecular formula is C26H25BrClN3O2. The van der Waals surface area contributed by atoms with Gasteiger partial charge in [0.1, 0.15) is 11.6 Å². The maximum atomic E-state index is 12.6. The lowest BCUT2D eigenvalue weighted by Gasteiger charge is -2.11. The molecule has 0 bridgehead atoms. The van der Waals surface area contributed by atoms with Gasteiger partial charge in [0.05, 0.1) is 24.2 Å². The number of carbonyl (C=O) groups excluding carboxylic acids is 1. The molecule has 0 fully saturated rings. The van der Waals surface area contributed by atoms with Crippen molar-refractivity contribution in [3.8, 4) is 5.75 Å². The average Bonchev–Trinajstić information content (AvgIpc) is 3.17. The molecule has 4 aromatic rings. The molecule has 0 saturated heterocycles. The minimum atomic E-state index is -0.124. The Morgan fingerprint density at radius 3 is 2.76 bits per heavy atom. The lowest BCUT2D eigenvalue weighted by Crippen LogP contribution is -2.24. The molecule has 0 aliphatic rings. The Balaban J connectivity index is 1.37. The van der Waals surface area contributed by atoms with E-state index in [1.165, 1.54) is 0 Å². The van der Waals surface area contributed by atoms with Gasteiger partial charge < -0.3 is 14.6 Å². The Labute approximate surface area is 206 Å². The van der Waals surface area contributed by atoms with Crippen molar-refractivity contribution < 1.29 is 9.53 Å². The molecule has 170 valence electrons. The number of nitrogens with one attached hydrogen (secondary N) is 1. The zero-order valence-corrected chi connectivity index (χ0v) is 20.7. The number of halogens is 2. The van der Waals surface area contributed by atoms with Gasteiger partial charge in [-0.25, -0.2) is 4.98 Å². The number of hydrogen-bond donors (Lipinski definition) is 1. The number of rotatable bonds is 9. The van der Waals surface area contributed by atoms with Crippen LogP contribution in [0.25, 0.3) is 11.0 Å². The van der Waals surface area contributed by atoms with E-state index in [1.807, 2.05) is 55.5 Å². The molecule has 33 heavy (non-hydrogen) atoms. The minimum Gasteiger partial charge on any atom is -0.494 e. The highest BCUT2D eigenvalue weighted by atomic mass is 79.9. The average molecular weight is 527 g/mol. The Morgan fingerprint density at radius 2 is 1.94 bits per heavy atom. The van der Waals surface area contributed by atoms with E-state index in [9.17, 15) is 4.79 Å². The zero-order chi connectivity index (χ0) is 23.2. The van der Waals surface area contributed by atoms with E-state index in [0.29, 0.717) is 18.7 Å². The summed E-state index contributed by atoms with van der Waals surface area (Å²) in [6.45, 7) is 3.76. The van der Waals surface area contributed by atoms with Gasteiger partial charge in [-0.3, -0.25) is 4.79 Å². The van der Waals surface area contributed by atoms with Crippen molar-refractivity contribution in [1.82, 2.24) is 14.9 Å². The predicted molar refractivity (Wildman–Crippen MR) is 136 cm³/mol. The second-order valence-corrected chi connectivity index (χ2v) is 9.15. The van der Waals surface area contributed by atoms with Crippen LogP contribution in [0.1, 0.15) is 34.6 Å². The van der Waals surface area contributed by atoms with E-state index in [0.717, 1.165) is 57.1 Å². The Bertz CT molecular complexity index is 1270. The number of hydrogen-bond acceptors (Lipinski definition) is 3. The van der Waals surface area contributed by atoms with Crippen LogP contribution in [0.3, 0.4) is 0 Å². The number of unbranched alkanes of at least 4 members (excludes halogenated alkanes) is 1. The Morgan fingerprint density at radius 1 is 1.09 bits per heavy atom. The van der Waals surface area contributed by atoms with Crippen LogP contribution < -0.4 is 10.1 Å². The molecule has 0 unspecified atom stereocenters. The standard InChI is InChI=1S/C26H25BrClN3O2/c1-18-15-21(11-12-22(18)28)33-14-5-4-13-31-24-10-3-2-9-23(24)30-25(31)17-29-26(32)19-7-6-8-20(27)16-19/h2-3,6-12,15-16H,4-5,13-14,17H2,1H3,(H,29,32). The highest BCUT2D eigenvalue weighted by molar-refractivity contribution is 9.10. The molecule has 1 amide bonds. The third-order valence-corrected chi connectivity index (χ3v) is 6.32. The normalized spacial score (nSPS) is 11.0. The molecule has 1 N–H and O–H groups in total. The fourth-order valence-corrected chi connectivity index (χ4v) is 4.19. The third kappa shape index (κ3) is 5.95. The van der Waals surface area contributed by atoms with Crippen LogP contribution in [-0.2, 0) is 13.1 Å². The highest BCUT2D eigenvalue weighted by Crippen LogP contribution is 2.22. The summed E-state index contributed by atoms with van der Waals surface area (Å²) >= 11 is 9.49. The fraction of sp³-hybridized carbons (Fsp3) is 0.231. The third-order valence-electron chi connectivity index (χ3n) is 5.40. The number of aromatic nitrogens is 2. The first kappa shape index (κ1) is 23.3. The van der Waals surface area contributed by atoms with Crippen LogP contribution in [0.5, 0.6) is 5.75 Å². The summed E-state index contributed by atoms with van der Waals surface area (Å²) in [5, 5.41) is 3.74. The molecular weight excluding hydrogens is 502 g/mol. The van der Waals surface area contributed by atoms with E-state index < -0.39 is 0 Å². The van der Waals surface area contributed by atoms with Gasteiger partial charge in [0, 0.05) is 21.6 Å². The van der Waals surface area contributed by atoms with Crippen LogP contribution in [-0.4, -0.2) is 22.1 Å². The molecule has 0 radical (unpaired) electrons. The van der Waals surface area contributed by atoms with E-state index in [-0.39, 0.29) is 5.91 Å². The number of fused-ring (bicyclic) bond motifs is 1.